The zero-order chi connectivity index (χ0) is 18.9. The Hall–Kier alpha value is -2.85. The van der Waals surface area contributed by atoms with Gasteiger partial charge >= 0.3 is 0 Å². The molecule has 3 aromatic rings. The van der Waals surface area contributed by atoms with E-state index in [9.17, 15) is 4.79 Å². The SMILES string of the molecule is O=C(c1ccc(-n2cccc2)cc1)N1CCC(N2CCc3ccccc3C2)C1. The quantitative estimate of drug-likeness (QED) is 0.702. The smallest absolute Gasteiger partial charge is 0.253 e. The van der Waals surface area contributed by atoms with Crippen molar-refractivity contribution in [3.05, 3.63) is 89.7 Å². The molecule has 4 nitrogen and oxygen atoms in total. The highest BCUT2D eigenvalue weighted by atomic mass is 16.2. The van der Waals surface area contributed by atoms with E-state index in [1.54, 1.807) is 0 Å². The number of hydrogen-bond donors (Lipinski definition) is 0. The normalized spacial score (nSPS) is 19.6. The lowest BCUT2D eigenvalue weighted by Crippen LogP contribution is -2.41. The summed E-state index contributed by atoms with van der Waals surface area (Å²) in [5.41, 5.74) is 4.78. The second-order valence-corrected chi connectivity index (χ2v) is 7.82. The van der Waals surface area contributed by atoms with Gasteiger partial charge in [0.25, 0.3) is 5.91 Å². The van der Waals surface area contributed by atoms with Gasteiger partial charge in [-0.3, -0.25) is 9.69 Å². The Morgan fingerprint density at radius 1 is 0.857 bits per heavy atom. The number of rotatable bonds is 3. The van der Waals surface area contributed by atoms with Crippen molar-refractivity contribution >= 4 is 5.91 Å². The molecule has 1 aromatic heterocycles. The summed E-state index contributed by atoms with van der Waals surface area (Å²) in [5, 5.41) is 0. The van der Waals surface area contributed by atoms with E-state index in [2.05, 4.69) is 29.2 Å². The molecule has 2 aliphatic rings. The Morgan fingerprint density at radius 3 is 2.39 bits per heavy atom. The number of hydrogen-bond acceptors (Lipinski definition) is 2. The van der Waals surface area contributed by atoms with Crippen LogP contribution in [0.15, 0.2) is 73.1 Å². The van der Waals surface area contributed by atoms with E-state index in [4.69, 9.17) is 0 Å². The van der Waals surface area contributed by atoms with Crippen LogP contribution in [0.4, 0.5) is 0 Å². The third-order valence-electron chi connectivity index (χ3n) is 6.14. The molecule has 4 heteroatoms. The Balaban J connectivity index is 1.24. The van der Waals surface area contributed by atoms with Crippen molar-refractivity contribution in [2.75, 3.05) is 19.6 Å². The maximum Gasteiger partial charge on any atom is 0.253 e. The van der Waals surface area contributed by atoms with Gasteiger partial charge in [-0.15, -0.1) is 0 Å². The van der Waals surface area contributed by atoms with Crippen molar-refractivity contribution in [3.63, 3.8) is 0 Å². The van der Waals surface area contributed by atoms with E-state index < -0.39 is 0 Å². The molecule has 5 rings (SSSR count). The van der Waals surface area contributed by atoms with Crippen molar-refractivity contribution in [1.82, 2.24) is 14.4 Å². The summed E-state index contributed by atoms with van der Waals surface area (Å²) in [4.78, 5) is 17.6. The van der Waals surface area contributed by atoms with Gasteiger partial charge in [0.05, 0.1) is 0 Å². The predicted octanol–water partition coefficient (Wildman–Crippen LogP) is 3.75. The van der Waals surface area contributed by atoms with Gasteiger partial charge in [0, 0.05) is 55.9 Å². The highest BCUT2D eigenvalue weighted by Gasteiger charge is 2.32. The van der Waals surface area contributed by atoms with Crippen LogP contribution >= 0.6 is 0 Å². The maximum atomic E-state index is 13.0. The molecule has 0 bridgehead atoms. The molecule has 2 aliphatic heterocycles. The van der Waals surface area contributed by atoms with Crippen LogP contribution in [-0.2, 0) is 13.0 Å². The molecule has 0 N–H and O–H groups in total. The minimum Gasteiger partial charge on any atom is -0.337 e. The molecule has 0 spiro atoms. The first-order chi connectivity index (χ1) is 13.8. The van der Waals surface area contributed by atoms with E-state index in [0.717, 1.165) is 50.3 Å². The zero-order valence-electron chi connectivity index (χ0n) is 16.0. The lowest BCUT2D eigenvalue weighted by molar-refractivity contribution is 0.0773. The molecule has 1 amide bonds. The number of aromatic nitrogens is 1. The molecule has 0 radical (unpaired) electrons. The van der Waals surface area contributed by atoms with Gasteiger partial charge in [-0.1, -0.05) is 24.3 Å². The summed E-state index contributed by atoms with van der Waals surface area (Å²) in [7, 11) is 0. The standard InChI is InChI=1S/C24H25N3O/c28-24(20-7-9-22(10-8-20)25-13-3-4-14-25)27-16-12-23(18-27)26-15-11-19-5-1-2-6-21(19)17-26/h1-10,13-14,23H,11-12,15-18H2. The van der Waals surface area contributed by atoms with E-state index in [1.165, 1.54) is 11.1 Å². The fourth-order valence-corrected chi connectivity index (χ4v) is 4.52. The van der Waals surface area contributed by atoms with E-state index in [1.807, 2.05) is 58.3 Å². The fourth-order valence-electron chi connectivity index (χ4n) is 4.52. The van der Waals surface area contributed by atoms with Crippen molar-refractivity contribution in [2.24, 2.45) is 0 Å². The molecule has 2 aromatic carbocycles. The molecule has 0 saturated carbocycles. The minimum absolute atomic E-state index is 0.152. The zero-order valence-corrected chi connectivity index (χ0v) is 16.0. The largest absolute Gasteiger partial charge is 0.337 e. The molecule has 1 fully saturated rings. The number of nitrogens with zero attached hydrogens (tertiary/aromatic N) is 3. The van der Waals surface area contributed by atoms with Gasteiger partial charge in [0.2, 0.25) is 0 Å². The van der Waals surface area contributed by atoms with Crippen LogP contribution in [0.25, 0.3) is 5.69 Å². The Morgan fingerprint density at radius 2 is 1.61 bits per heavy atom. The van der Waals surface area contributed by atoms with E-state index in [0.29, 0.717) is 6.04 Å². The summed E-state index contributed by atoms with van der Waals surface area (Å²) in [6.45, 7) is 3.78. The van der Waals surface area contributed by atoms with Crippen molar-refractivity contribution < 1.29 is 4.79 Å². The molecule has 0 aliphatic carbocycles. The van der Waals surface area contributed by atoms with Crippen molar-refractivity contribution in [2.45, 2.75) is 25.4 Å². The number of fused-ring (bicyclic) bond motifs is 1. The highest BCUT2D eigenvalue weighted by Crippen LogP contribution is 2.25. The van der Waals surface area contributed by atoms with Crippen LogP contribution in [0, 0.1) is 0 Å². The molecule has 142 valence electrons. The van der Waals surface area contributed by atoms with Gasteiger partial charge in [0.1, 0.15) is 0 Å². The lowest BCUT2D eigenvalue weighted by Gasteiger charge is -2.33. The average molecular weight is 371 g/mol. The summed E-state index contributed by atoms with van der Waals surface area (Å²) in [5.74, 6) is 0.152. The predicted molar refractivity (Wildman–Crippen MR) is 111 cm³/mol. The van der Waals surface area contributed by atoms with Gasteiger partial charge in [0.15, 0.2) is 0 Å². The monoisotopic (exact) mass is 371 g/mol. The number of amides is 1. The van der Waals surface area contributed by atoms with Gasteiger partial charge in [-0.25, -0.2) is 0 Å². The molecular formula is C24H25N3O. The van der Waals surface area contributed by atoms with Crippen molar-refractivity contribution in [3.8, 4) is 5.69 Å². The van der Waals surface area contributed by atoms with Gasteiger partial charge < -0.3 is 9.47 Å². The van der Waals surface area contributed by atoms with E-state index >= 15 is 0 Å². The van der Waals surface area contributed by atoms with Crippen LogP contribution in [0.1, 0.15) is 27.9 Å². The second kappa shape index (κ2) is 7.28. The van der Waals surface area contributed by atoms with Crippen LogP contribution in [0.2, 0.25) is 0 Å². The second-order valence-electron chi connectivity index (χ2n) is 7.82. The van der Waals surface area contributed by atoms with E-state index in [-0.39, 0.29) is 5.91 Å². The molecule has 28 heavy (non-hydrogen) atoms. The average Bonchev–Trinajstić information content (AvgIpc) is 3.45. The van der Waals surface area contributed by atoms with Crippen LogP contribution in [0.5, 0.6) is 0 Å². The molecular weight excluding hydrogens is 346 g/mol. The summed E-state index contributed by atoms with van der Waals surface area (Å²) in [6, 6.07) is 21.1. The molecule has 1 atom stereocenters. The topological polar surface area (TPSA) is 28.5 Å². The summed E-state index contributed by atoms with van der Waals surface area (Å²) < 4.78 is 2.05. The Labute approximate surface area is 166 Å². The first kappa shape index (κ1) is 17.3. The van der Waals surface area contributed by atoms with Crippen LogP contribution in [-0.4, -0.2) is 46.0 Å². The summed E-state index contributed by atoms with van der Waals surface area (Å²) in [6.07, 6.45) is 6.20. The Bertz CT molecular complexity index is 962. The minimum atomic E-state index is 0.152. The van der Waals surface area contributed by atoms with Crippen molar-refractivity contribution in [1.29, 1.82) is 0 Å². The molecule has 3 heterocycles. The number of carbonyl (C=O) groups is 1. The third-order valence-corrected chi connectivity index (χ3v) is 6.14. The first-order valence-corrected chi connectivity index (χ1v) is 10.1. The molecule has 1 unspecified atom stereocenters. The number of benzene rings is 2. The lowest BCUT2D eigenvalue weighted by atomic mass is 9.98. The Kier molecular flexibility index (Phi) is 4.49. The van der Waals surface area contributed by atoms with Crippen LogP contribution < -0.4 is 0 Å². The number of carbonyl (C=O) groups excluding carboxylic acids is 1. The van der Waals surface area contributed by atoms with Gasteiger partial charge in [-0.2, -0.15) is 0 Å². The third kappa shape index (κ3) is 3.25. The summed E-state index contributed by atoms with van der Waals surface area (Å²) >= 11 is 0. The molecule has 1 saturated heterocycles. The van der Waals surface area contributed by atoms with Crippen LogP contribution in [0.3, 0.4) is 0 Å². The van der Waals surface area contributed by atoms with Gasteiger partial charge in [-0.05, 0) is 60.4 Å². The maximum absolute atomic E-state index is 13.0. The number of likely N-dealkylation sites (tertiary alicyclic amines) is 1. The highest BCUT2D eigenvalue weighted by molar-refractivity contribution is 5.94. The first-order valence-electron chi connectivity index (χ1n) is 10.1. The fraction of sp³-hybridized carbons (Fsp3) is 0.292.